The molecular formula is C7H6FN3. The first-order chi connectivity index (χ1) is 5.29. The van der Waals surface area contributed by atoms with Crippen molar-refractivity contribution in [2.45, 2.75) is 0 Å². The molecule has 0 spiro atoms. The van der Waals surface area contributed by atoms with E-state index in [-0.39, 0.29) is 5.82 Å². The number of anilines is 1. The Bertz CT molecular complexity index is 357. The molecule has 0 aliphatic carbocycles. The molecule has 2 aromatic heterocycles. The summed E-state index contributed by atoms with van der Waals surface area (Å²) in [5.41, 5.74) is 5.89. The van der Waals surface area contributed by atoms with Gasteiger partial charge in [-0.15, -0.1) is 0 Å². The van der Waals surface area contributed by atoms with Crippen molar-refractivity contribution < 1.29 is 4.39 Å². The molecule has 0 atom stereocenters. The lowest BCUT2D eigenvalue weighted by Gasteiger charge is -1.94. The van der Waals surface area contributed by atoms with Crippen LogP contribution in [0.5, 0.6) is 0 Å². The maximum absolute atomic E-state index is 12.9. The molecule has 0 amide bonds. The number of hydrogen-bond acceptors (Lipinski definition) is 2. The van der Waals surface area contributed by atoms with E-state index in [1.807, 2.05) is 0 Å². The number of hydrogen-bond donors (Lipinski definition) is 2. The fraction of sp³-hybridized carbons (Fsp3) is 0. The van der Waals surface area contributed by atoms with E-state index in [9.17, 15) is 4.39 Å². The quantitative estimate of drug-likeness (QED) is 0.596. The van der Waals surface area contributed by atoms with Crippen molar-refractivity contribution in [2.24, 2.45) is 0 Å². The molecule has 0 fully saturated rings. The van der Waals surface area contributed by atoms with Gasteiger partial charge in [-0.1, -0.05) is 0 Å². The number of halogens is 1. The summed E-state index contributed by atoms with van der Waals surface area (Å²) in [6, 6.07) is 1.70. The van der Waals surface area contributed by atoms with Crippen LogP contribution < -0.4 is 5.73 Å². The summed E-state index contributed by atoms with van der Waals surface area (Å²) in [5, 5.41) is 0.630. The van der Waals surface area contributed by atoms with Gasteiger partial charge >= 0.3 is 0 Å². The number of nitrogens with zero attached hydrogens (tertiary/aromatic N) is 1. The molecule has 2 aromatic rings. The third-order valence-electron chi connectivity index (χ3n) is 1.58. The van der Waals surface area contributed by atoms with E-state index in [4.69, 9.17) is 5.73 Å². The Morgan fingerprint density at radius 2 is 2.36 bits per heavy atom. The Hall–Kier alpha value is -1.58. The number of aromatic nitrogens is 2. The van der Waals surface area contributed by atoms with Gasteiger partial charge in [-0.05, 0) is 6.07 Å². The minimum absolute atomic E-state index is 0.350. The predicted octanol–water partition coefficient (Wildman–Crippen LogP) is 1.28. The van der Waals surface area contributed by atoms with Crippen molar-refractivity contribution in [3.8, 4) is 0 Å². The fourth-order valence-electron chi connectivity index (χ4n) is 1.04. The fourth-order valence-corrected chi connectivity index (χ4v) is 1.04. The van der Waals surface area contributed by atoms with Crippen LogP contribution in [0.1, 0.15) is 0 Å². The maximum Gasteiger partial charge on any atom is 0.165 e. The molecule has 2 rings (SSSR count). The average Bonchev–Trinajstić information content (AvgIpc) is 2.45. The normalized spacial score (nSPS) is 10.6. The number of nitrogens with one attached hydrogen (secondary N) is 1. The van der Waals surface area contributed by atoms with E-state index in [0.29, 0.717) is 16.7 Å². The van der Waals surface area contributed by atoms with Crippen molar-refractivity contribution in [1.82, 2.24) is 9.97 Å². The lowest BCUT2D eigenvalue weighted by atomic mass is 10.3. The van der Waals surface area contributed by atoms with E-state index in [1.165, 1.54) is 0 Å². The number of aromatic amines is 1. The smallest absolute Gasteiger partial charge is 0.165 e. The molecule has 0 saturated heterocycles. The molecule has 3 N–H and O–H groups in total. The van der Waals surface area contributed by atoms with Gasteiger partial charge in [0.05, 0.1) is 11.7 Å². The topological polar surface area (TPSA) is 54.7 Å². The monoisotopic (exact) mass is 151 g/mol. The molecule has 0 bridgehead atoms. The molecule has 0 radical (unpaired) electrons. The summed E-state index contributed by atoms with van der Waals surface area (Å²) < 4.78 is 12.9. The van der Waals surface area contributed by atoms with Crippen molar-refractivity contribution in [3.63, 3.8) is 0 Å². The van der Waals surface area contributed by atoms with Gasteiger partial charge < -0.3 is 10.7 Å². The highest BCUT2D eigenvalue weighted by atomic mass is 19.1. The third kappa shape index (κ3) is 0.756. The van der Waals surface area contributed by atoms with Gasteiger partial charge in [-0.25, -0.2) is 9.37 Å². The number of nitrogen functional groups attached to an aromatic ring is 1. The number of nitrogens with two attached hydrogens (primary N) is 1. The largest absolute Gasteiger partial charge is 0.383 e. The van der Waals surface area contributed by atoms with Crippen molar-refractivity contribution in [2.75, 3.05) is 5.73 Å². The van der Waals surface area contributed by atoms with Gasteiger partial charge in [-0.2, -0.15) is 0 Å². The Morgan fingerprint density at radius 1 is 1.55 bits per heavy atom. The average molecular weight is 151 g/mol. The van der Waals surface area contributed by atoms with Crippen molar-refractivity contribution in [3.05, 3.63) is 24.3 Å². The van der Waals surface area contributed by atoms with E-state index in [0.717, 1.165) is 6.20 Å². The number of fused-ring (bicyclic) bond motifs is 1. The first kappa shape index (κ1) is 6.15. The second kappa shape index (κ2) is 1.95. The highest BCUT2D eigenvalue weighted by Gasteiger charge is 2.04. The van der Waals surface area contributed by atoms with Crippen molar-refractivity contribution >= 4 is 16.7 Å². The zero-order valence-corrected chi connectivity index (χ0v) is 5.63. The summed E-state index contributed by atoms with van der Waals surface area (Å²) in [4.78, 5) is 6.40. The third-order valence-corrected chi connectivity index (χ3v) is 1.58. The van der Waals surface area contributed by atoms with E-state index >= 15 is 0 Å². The predicted molar refractivity (Wildman–Crippen MR) is 40.5 cm³/mol. The Morgan fingerprint density at radius 3 is 3.09 bits per heavy atom. The molecule has 11 heavy (non-hydrogen) atoms. The van der Waals surface area contributed by atoms with Crippen LogP contribution in [0.25, 0.3) is 10.9 Å². The number of H-pyrrole nitrogens is 1. The number of pyridine rings is 1. The lowest BCUT2D eigenvalue weighted by Crippen LogP contribution is -1.91. The van der Waals surface area contributed by atoms with Crippen LogP contribution in [0.3, 0.4) is 0 Å². The van der Waals surface area contributed by atoms with Crippen LogP contribution in [-0.4, -0.2) is 9.97 Å². The molecule has 56 valence electrons. The molecule has 0 unspecified atom stereocenters. The minimum Gasteiger partial charge on any atom is -0.383 e. The molecule has 0 aliphatic heterocycles. The molecule has 0 aliphatic rings. The maximum atomic E-state index is 12.9. The van der Waals surface area contributed by atoms with Crippen LogP contribution >= 0.6 is 0 Å². The molecule has 3 nitrogen and oxygen atoms in total. The van der Waals surface area contributed by atoms with Crippen molar-refractivity contribution in [1.29, 1.82) is 0 Å². The van der Waals surface area contributed by atoms with Gasteiger partial charge in [0.15, 0.2) is 5.82 Å². The first-order valence-corrected chi connectivity index (χ1v) is 3.16. The standard InChI is InChI=1S/C7H6FN3/c8-5-3-11-7(9)4-1-2-10-6(4)5/h1-3,10H,(H2,9,11). The van der Waals surface area contributed by atoms with E-state index in [1.54, 1.807) is 12.3 Å². The molecular weight excluding hydrogens is 145 g/mol. The molecule has 2 heterocycles. The highest BCUT2D eigenvalue weighted by Crippen LogP contribution is 2.19. The van der Waals surface area contributed by atoms with Crippen LogP contribution in [0.4, 0.5) is 10.2 Å². The van der Waals surface area contributed by atoms with E-state index in [2.05, 4.69) is 9.97 Å². The van der Waals surface area contributed by atoms with Crippen LogP contribution in [0.2, 0.25) is 0 Å². The van der Waals surface area contributed by atoms with Gasteiger partial charge in [0.1, 0.15) is 5.82 Å². The SMILES string of the molecule is Nc1ncc(F)c2[nH]ccc12. The summed E-state index contributed by atoms with van der Waals surface area (Å²) in [5.74, 6) is -0.0261. The Balaban J connectivity index is 2.96. The summed E-state index contributed by atoms with van der Waals surface area (Å²) >= 11 is 0. The summed E-state index contributed by atoms with van der Waals surface area (Å²) in [6.07, 6.45) is 2.74. The molecule has 4 heteroatoms. The Labute approximate surface area is 62.0 Å². The van der Waals surface area contributed by atoms with Gasteiger partial charge in [0.25, 0.3) is 0 Å². The van der Waals surface area contributed by atoms with Crippen LogP contribution in [0, 0.1) is 5.82 Å². The Kier molecular flexibility index (Phi) is 1.09. The van der Waals surface area contributed by atoms with E-state index < -0.39 is 0 Å². The zero-order chi connectivity index (χ0) is 7.84. The molecule has 0 aromatic carbocycles. The highest BCUT2D eigenvalue weighted by molar-refractivity contribution is 5.88. The first-order valence-electron chi connectivity index (χ1n) is 3.16. The van der Waals surface area contributed by atoms with Gasteiger partial charge in [0, 0.05) is 11.6 Å². The molecule has 0 saturated carbocycles. The van der Waals surface area contributed by atoms with Gasteiger partial charge in [-0.3, -0.25) is 0 Å². The summed E-state index contributed by atoms with van der Waals surface area (Å²) in [6.45, 7) is 0. The van der Waals surface area contributed by atoms with Crippen LogP contribution in [0.15, 0.2) is 18.5 Å². The summed E-state index contributed by atoms with van der Waals surface area (Å²) in [7, 11) is 0. The van der Waals surface area contributed by atoms with Gasteiger partial charge in [0.2, 0.25) is 0 Å². The second-order valence-electron chi connectivity index (χ2n) is 2.26. The number of rotatable bonds is 0. The zero-order valence-electron chi connectivity index (χ0n) is 5.63. The second-order valence-corrected chi connectivity index (χ2v) is 2.26. The van der Waals surface area contributed by atoms with Crippen LogP contribution in [-0.2, 0) is 0 Å². The lowest BCUT2D eigenvalue weighted by molar-refractivity contribution is 0.632. The minimum atomic E-state index is -0.376.